The van der Waals surface area contributed by atoms with Crippen molar-refractivity contribution in [2.24, 2.45) is 0 Å². The molecule has 2 N–H and O–H groups in total. The van der Waals surface area contributed by atoms with Gasteiger partial charge in [0.05, 0.1) is 19.6 Å². The van der Waals surface area contributed by atoms with Gasteiger partial charge in [-0.15, -0.1) is 0 Å². The largest absolute Gasteiger partial charge is 0.469 e. The lowest BCUT2D eigenvalue weighted by atomic mass is 10.0. The lowest BCUT2D eigenvalue weighted by Gasteiger charge is -2.17. The molecule has 94 valence electrons. The quantitative estimate of drug-likeness (QED) is 0.621. The molecule has 0 aliphatic carbocycles. The van der Waals surface area contributed by atoms with Crippen LogP contribution in [-0.2, 0) is 9.53 Å². The Bertz CT molecular complexity index is 415. The molecule has 1 rings (SSSR count). The molecule has 0 spiro atoms. The van der Waals surface area contributed by atoms with Crippen LogP contribution >= 0.6 is 11.6 Å². The van der Waals surface area contributed by atoms with Gasteiger partial charge in [0.25, 0.3) is 0 Å². The second-order valence-electron chi connectivity index (χ2n) is 3.30. The summed E-state index contributed by atoms with van der Waals surface area (Å²) in [7, 11) is 1.14. The fourth-order valence-corrected chi connectivity index (χ4v) is 1.40. The maximum Gasteiger partial charge on any atom is 0.308 e. The number of hydrogen-bond acceptors (Lipinski definition) is 5. The van der Waals surface area contributed by atoms with E-state index in [2.05, 4.69) is 9.72 Å². The Morgan fingerprint density at radius 3 is 2.88 bits per heavy atom. The topological polar surface area (TPSA) is 79.7 Å². The number of ether oxygens (including phenoxy) is 1. The van der Waals surface area contributed by atoms with Gasteiger partial charge in [0, 0.05) is 11.8 Å². The molecule has 1 aromatic rings. The van der Waals surface area contributed by atoms with Crippen LogP contribution in [0.2, 0.25) is 5.15 Å². The minimum absolute atomic E-state index is 0.221. The number of halogens is 2. The summed E-state index contributed by atoms with van der Waals surface area (Å²) in [4.78, 5) is 14.3. The third-order valence-electron chi connectivity index (χ3n) is 2.16. The lowest BCUT2D eigenvalue weighted by molar-refractivity contribution is -0.144. The molecule has 0 amide bonds. The number of hydrogen-bond donors (Lipinski definition) is 2. The average Bonchev–Trinajstić information content (AvgIpc) is 2.31. The molecule has 5 nitrogen and oxygen atoms in total. The van der Waals surface area contributed by atoms with Crippen molar-refractivity contribution in [3.8, 4) is 0 Å². The van der Waals surface area contributed by atoms with Gasteiger partial charge in [0.15, 0.2) is 11.0 Å². The standard InChI is InChI=1S/C10H11ClFNO4/c1-17-7(15)4-6(14)9(16)5-2-3-13-10(11)8(5)12/h2-3,6,9,14,16H,4H2,1H3. The van der Waals surface area contributed by atoms with Crippen LogP contribution < -0.4 is 0 Å². The van der Waals surface area contributed by atoms with Gasteiger partial charge < -0.3 is 14.9 Å². The summed E-state index contributed by atoms with van der Waals surface area (Å²) in [5.74, 6) is -1.64. The smallest absolute Gasteiger partial charge is 0.308 e. The third-order valence-corrected chi connectivity index (χ3v) is 2.43. The molecule has 0 aliphatic rings. The van der Waals surface area contributed by atoms with Crippen LogP contribution in [-0.4, -0.2) is 34.4 Å². The van der Waals surface area contributed by atoms with Gasteiger partial charge in [-0.25, -0.2) is 9.37 Å². The van der Waals surface area contributed by atoms with Crippen LogP contribution in [0.1, 0.15) is 18.1 Å². The van der Waals surface area contributed by atoms with Gasteiger partial charge in [-0.05, 0) is 6.07 Å². The zero-order valence-electron chi connectivity index (χ0n) is 8.93. The summed E-state index contributed by atoms with van der Waals surface area (Å²) in [6, 6.07) is 1.17. The van der Waals surface area contributed by atoms with E-state index in [-0.39, 0.29) is 5.56 Å². The predicted molar refractivity (Wildman–Crippen MR) is 56.8 cm³/mol. The highest BCUT2D eigenvalue weighted by molar-refractivity contribution is 6.29. The second-order valence-corrected chi connectivity index (χ2v) is 3.66. The summed E-state index contributed by atoms with van der Waals surface area (Å²) in [5.41, 5.74) is -0.221. The molecule has 0 fully saturated rings. The van der Waals surface area contributed by atoms with Crippen molar-refractivity contribution in [1.29, 1.82) is 0 Å². The molecule has 2 unspecified atom stereocenters. The molecule has 17 heavy (non-hydrogen) atoms. The Morgan fingerprint density at radius 1 is 1.65 bits per heavy atom. The van der Waals surface area contributed by atoms with Crippen LogP contribution in [0, 0.1) is 5.82 Å². The highest BCUT2D eigenvalue weighted by atomic mass is 35.5. The molecule has 0 saturated heterocycles. The molecule has 1 aromatic heterocycles. The van der Waals surface area contributed by atoms with Gasteiger partial charge in [-0.3, -0.25) is 4.79 Å². The molecule has 0 saturated carbocycles. The van der Waals surface area contributed by atoms with Gasteiger partial charge in [0.1, 0.15) is 6.10 Å². The highest BCUT2D eigenvalue weighted by Gasteiger charge is 2.25. The van der Waals surface area contributed by atoms with E-state index in [1.165, 1.54) is 12.3 Å². The van der Waals surface area contributed by atoms with E-state index in [1.54, 1.807) is 0 Å². The second kappa shape index (κ2) is 5.90. The number of methoxy groups -OCH3 is 1. The average molecular weight is 264 g/mol. The first kappa shape index (κ1) is 13.8. The lowest BCUT2D eigenvalue weighted by Crippen LogP contribution is -2.23. The van der Waals surface area contributed by atoms with Crippen LogP contribution in [0.3, 0.4) is 0 Å². The first-order valence-corrected chi connectivity index (χ1v) is 5.08. The summed E-state index contributed by atoms with van der Waals surface area (Å²) in [5, 5.41) is 18.8. The normalized spacial score (nSPS) is 14.2. The van der Waals surface area contributed by atoms with Crippen molar-refractivity contribution < 1.29 is 24.1 Å². The number of carbonyl (C=O) groups excluding carboxylic acids is 1. The van der Waals surface area contributed by atoms with E-state index in [0.29, 0.717) is 0 Å². The Balaban J connectivity index is 2.85. The Kier molecular flexibility index (Phi) is 4.80. The Morgan fingerprint density at radius 2 is 2.29 bits per heavy atom. The molecule has 1 heterocycles. The minimum atomic E-state index is -1.57. The van der Waals surface area contributed by atoms with E-state index in [9.17, 15) is 19.4 Å². The summed E-state index contributed by atoms with van der Waals surface area (Å²) < 4.78 is 17.8. The molecular formula is C10H11ClFNO4. The number of pyridine rings is 1. The molecule has 2 atom stereocenters. The van der Waals surface area contributed by atoms with Crippen LogP contribution in [0.25, 0.3) is 0 Å². The zero-order chi connectivity index (χ0) is 13.0. The Hall–Kier alpha value is -1.24. The van der Waals surface area contributed by atoms with Gasteiger partial charge >= 0.3 is 5.97 Å². The van der Waals surface area contributed by atoms with Gasteiger partial charge in [-0.1, -0.05) is 11.6 Å². The number of carbonyl (C=O) groups is 1. The third kappa shape index (κ3) is 3.36. The number of aliphatic hydroxyl groups excluding tert-OH is 2. The van der Waals surface area contributed by atoms with Crippen molar-refractivity contribution in [3.05, 3.63) is 28.8 Å². The van der Waals surface area contributed by atoms with E-state index >= 15 is 0 Å². The minimum Gasteiger partial charge on any atom is -0.469 e. The first-order valence-electron chi connectivity index (χ1n) is 4.70. The van der Waals surface area contributed by atoms with E-state index in [4.69, 9.17) is 11.6 Å². The van der Waals surface area contributed by atoms with Crippen molar-refractivity contribution in [3.63, 3.8) is 0 Å². The number of aromatic nitrogens is 1. The highest BCUT2D eigenvalue weighted by Crippen LogP contribution is 2.25. The van der Waals surface area contributed by atoms with Crippen molar-refractivity contribution in [2.75, 3.05) is 7.11 Å². The molecule has 0 bridgehead atoms. The maximum absolute atomic E-state index is 13.5. The summed E-state index contributed by atoms with van der Waals surface area (Å²) >= 11 is 5.43. The van der Waals surface area contributed by atoms with Crippen molar-refractivity contribution in [2.45, 2.75) is 18.6 Å². The molecular weight excluding hydrogens is 253 g/mol. The van der Waals surface area contributed by atoms with E-state index in [0.717, 1.165) is 7.11 Å². The van der Waals surface area contributed by atoms with E-state index < -0.39 is 35.6 Å². The van der Waals surface area contributed by atoms with Gasteiger partial charge in [0.2, 0.25) is 0 Å². The van der Waals surface area contributed by atoms with Gasteiger partial charge in [-0.2, -0.15) is 0 Å². The fraction of sp³-hybridized carbons (Fsp3) is 0.400. The Labute approximate surface area is 102 Å². The first-order chi connectivity index (χ1) is 7.97. The van der Waals surface area contributed by atoms with Crippen LogP contribution in [0.5, 0.6) is 0 Å². The number of aliphatic hydroxyl groups is 2. The van der Waals surface area contributed by atoms with Crippen molar-refractivity contribution >= 4 is 17.6 Å². The summed E-state index contributed by atoms with van der Waals surface area (Å²) in [6.07, 6.45) is -2.31. The van der Waals surface area contributed by atoms with Crippen LogP contribution in [0.4, 0.5) is 4.39 Å². The van der Waals surface area contributed by atoms with Crippen molar-refractivity contribution in [1.82, 2.24) is 4.98 Å². The SMILES string of the molecule is COC(=O)CC(O)C(O)c1ccnc(Cl)c1F. The fourth-order valence-electron chi connectivity index (χ4n) is 1.23. The van der Waals surface area contributed by atoms with E-state index in [1.807, 2.05) is 0 Å². The molecule has 0 aliphatic heterocycles. The maximum atomic E-state index is 13.5. The summed E-state index contributed by atoms with van der Waals surface area (Å²) in [6.45, 7) is 0. The molecule has 0 aromatic carbocycles. The number of nitrogens with zero attached hydrogens (tertiary/aromatic N) is 1. The monoisotopic (exact) mass is 263 g/mol. The number of esters is 1. The molecule has 7 heteroatoms. The van der Waals surface area contributed by atoms with Crippen LogP contribution in [0.15, 0.2) is 12.3 Å². The predicted octanol–water partition coefficient (Wildman–Crippen LogP) is 0.831. The number of rotatable bonds is 4. The molecule has 0 radical (unpaired) electrons. The zero-order valence-corrected chi connectivity index (χ0v) is 9.69.